The predicted molar refractivity (Wildman–Crippen MR) is 122 cm³/mol. The number of benzene rings is 2. The fourth-order valence-electron chi connectivity index (χ4n) is 5.40. The number of nitrogens with zero attached hydrogens (tertiary/aromatic N) is 4. The molecule has 1 aromatic heterocycles. The van der Waals surface area contributed by atoms with Gasteiger partial charge in [-0.15, -0.1) is 5.10 Å². The zero-order valence-corrected chi connectivity index (χ0v) is 18.4. The van der Waals surface area contributed by atoms with Crippen LogP contribution in [0.5, 0.6) is 0 Å². The third kappa shape index (κ3) is 4.62. The third-order valence-electron chi connectivity index (χ3n) is 7.16. The highest BCUT2D eigenvalue weighted by Gasteiger charge is 2.38. The van der Waals surface area contributed by atoms with Crippen molar-refractivity contribution in [3.05, 3.63) is 72.2 Å². The molecule has 0 radical (unpaired) electrons. The summed E-state index contributed by atoms with van der Waals surface area (Å²) < 4.78 is 15.1. The molecule has 2 fully saturated rings. The summed E-state index contributed by atoms with van der Waals surface area (Å²) in [7, 11) is 0. The fraction of sp³-hybridized carbons (Fsp3) is 0.462. The first kappa shape index (κ1) is 21.3. The van der Waals surface area contributed by atoms with Crippen LogP contribution in [0.1, 0.15) is 56.2 Å². The van der Waals surface area contributed by atoms with Crippen molar-refractivity contribution in [1.82, 2.24) is 19.9 Å². The van der Waals surface area contributed by atoms with E-state index in [1.165, 1.54) is 49.8 Å². The molecule has 0 amide bonds. The quantitative estimate of drug-likeness (QED) is 0.613. The van der Waals surface area contributed by atoms with Crippen LogP contribution in [0.3, 0.4) is 0 Å². The van der Waals surface area contributed by atoms with Crippen LogP contribution in [-0.4, -0.2) is 44.2 Å². The molecule has 3 aromatic rings. The SMILES string of the molecule is O[C@H]1C[C@H](c2ccccc2)N(CC2CCCCC2)C[C@@H]1n1cc(-c2ccc(F)cc2)nn1. The van der Waals surface area contributed by atoms with Gasteiger partial charge in [-0.25, -0.2) is 9.07 Å². The van der Waals surface area contributed by atoms with Gasteiger partial charge in [0, 0.05) is 24.7 Å². The van der Waals surface area contributed by atoms with E-state index in [0.717, 1.165) is 24.6 Å². The molecular formula is C26H31FN4O. The van der Waals surface area contributed by atoms with Crippen molar-refractivity contribution in [2.24, 2.45) is 5.92 Å². The minimum Gasteiger partial charge on any atom is -0.391 e. The Morgan fingerprint density at radius 3 is 2.47 bits per heavy atom. The van der Waals surface area contributed by atoms with E-state index >= 15 is 0 Å². The first-order chi connectivity index (χ1) is 15.7. The minimum atomic E-state index is -0.509. The maximum absolute atomic E-state index is 13.3. The molecule has 0 spiro atoms. The molecule has 2 aliphatic rings. The van der Waals surface area contributed by atoms with Crippen LogP contribution in [0.2, 0.25) is 0 Å². The van der Waals surface area contributed by atoms with Gasteiger partial charge >= 0.3 is 0 Å². The first-order valence-corrected chi connectivity index (χ1v) is 11.8. The summed E-state index contributed by atoms with van der Waals surface area (Å²) in [6.45, 7) is 1.80. The maximum Gasteiger partial charge on any atom is 0.123 e. The minimum absolute atomic E-state index is 0.153. The van der Waals surface area contributed by atoms with Crippen LogP contribution in [0, 0.1) is 11.7 Å². The Kier molecular flexibility index (Phi) is 6.32. The highest BCUT2D eigenvalue weighted by molar-refractivity contribution is 5.57. The summed E-state index contributed by atoms with van der Waals surface area (Å²) in [5.74, 6) is 0.450. The van der Waals surface area contributed by atoms with Crippen LogP contribution in [0.25, 0.3) is 11.3 Å². The Morgan fingerprint density at radius 2 is 1.72 bits per heavy atom. The van der Waals surface area contributed by atoms with Crippen LogP contribution >= 0.6 is 0 Å². The van der Waals surface area contributed by atoms with Gasteiger partial charge in [-0.3, -0.25) is 4.90 Å². The van der Waals surface area contributed by atoms with Crippen molar-refractivity contribution < 1.29 is 9.50 Å². The highest BCUT2D eigenvalue weighted by Crippen LogP contribution is 2.38. The zero-order valence-electron chi connectivity index (χ0n) is 18.4. The monoisotopic (exact) mass is 434 g/mol. The van der Waals surface area contributed by atoms with E-state index in [1.54, 1.807) is 16.8 Å². The fourth-order valence-corrected chi connectivity index (χ4v) is 5.40. The van der Waals surface area contributed by atoms with E-state index in [4.69, 9.17) is 0 Å². The molecule has 0 bridgehead atoms. The predicted octanol–water partition coefficient (Wildman–Crippen LogP) is 5.01. The van der Waals surface area contributed by atoms with Gasteiger partial charge < -0.3 is 5.11 Å². The number of likely N-dealkylation sites (tertiary alicyclic amines) is 1. The average molecular weight is 435 g/mol. The Labute approximate surface area is 188 Å². The van der Waals surface area contributed by atoms with Gasteiger partial charge in [0.25, 0.3) is 0 Å². The Bertz CT molecular complexity index is 1000. The van der Waals surface area contributed by atoms with Gasteiger partial charge in [0.2, 0.25) is 0 Å². The third-order valence-corrected chi connectivity index (χ3v) is 7.16. The maximum atomic E-state index is 13.3. The topological polar surface area (TPSA) is 54.2 Å². The number of aliphatic hydroxyl groups excluding tert-OH is 1. The highest BCUT2D eigenvalue weighted by atomic mass is 19.1. The molecule has 2 aromatic carbocycles. The van der Waals surface area contributed by atoms with Gasteiger partial charge in [-0.2, -0.15) is 0 Å². The molecule has 1 saturated carbocycles. The van der Waals surface area contributed by atoms with Crippen molar-refractivity contribution in [3.8, 4) is 11.3 Å². The molecule has 32 heavy (non-hydrogen) atoms. The molecule has 6 heteroatoms. The van der Waals surface area contributed by atoms with Crippen LogP contribution in [0.15, 0.2) is 60.8 Å². The second-order valence-electron chi connectivity index (χ2n) is 9.35. The van der Waals surface area contributed by atoms with E-state index in [2.05, 4.69) is 39.5 Å². The summed E-state index contributed by atoms with van der Waals surface area (Å²) in [5.41, 5.74) is 2.79. The van der Waals surface area contributed by atoms with E-state index in [-0.39, 0.29) is 17.9 Å². The number of halogens is 1. The van der Waals surface area contributed by atoms with Crippen molar-refractivity contribution >= 4 is 0 Å². The number of rotatable bonds is 5. The second kappa shape index (κ2) is 9.51. The largest absolute Gasteiger partial charge is 0.391 e. The van der Waals surface area contributed by atoms with E-state index < -0.39 is 6.10 Å². The molecule has 0 unspecified atom stereocenters. The molecular weight excluding hydrogens is 403 g/mol. The molecule has 1 N–H and O–H groups in total. The van der Waals surface area contributed by atoms with Crippen molar-refractivity contribution in [2.75, 3.05) is 13.1 Å². The number of aromatic nitrogens is 3. The summed E-state index contributed by atoms with van der Waals surface area (Å²) in [4.78, 5) is 2.56. The van der Waals surface area contributed by atoms with Gasteiger partial charge in [0.1, 0.15) is 11.5 Å². The van der Waals surface area contributed by atoms with E-state index in [0.29, 0.717) is 12.1 Å². The smallest absolute Gasteiger partial charge is 0.123 e. The Balaban J connectivity index is 1.38. The molecule has 5 nitrogen and oxygen atoms in total. The summed E-state index contributed by atoms with van der Waals surface area (Å²) in [6.07, 6.45) is 8.63. The lowest BCUT2D eigenvalue weighted by molar-refractivity contribution is -0.0154. The number of aliphatic hydroxyl groups is 1. The van der Waals surface area contributed by atoms with Crippen LogP contribution in [-0.2, 0) is 0 Å². The molecule has 168 valence electrons. The van der Waals surface area contributed by atoms with Crippen molar-refractivity contribution in [1.29, 1.82) is 0 Å². The van der Waals surface area contributed by atoms with Gasteiger partial charge in [0.15, 0.2) is 0 Å². The standard InChI is InChI=1S/C26H31FN4O/c27-22-13-11-20(12-14-22)23-17-31(29-28-23)25-18-30(16-19-7-3-1-4-8-19)24(15-26(25)32)21-9-5-2-6-10-21/h2,5-6,9-14,17,19,24-26,32H,1,3-4,7-8,15-16,18H2/t24-,25+,26+/m1/s1. The number of hydrogen-bond acceptors (Lipinski definition) is 4. The van der Waals surface area contributed by atoms with Gasteiger partial charge in [-0.1, -0.05) is 54.8 Å². The Morgan fingerprint density at radius 1 is 0.969 bits per heavy atom. The van der Waals surface area contributed by atoms with Crippen molar-refractivity contribution in [3.63, 3.8) is 0 Å². The Hall–Kier alpha value is -2.57. The molecule has 1 aliphatic heterocycles. The molecule has 2 heterocycles. The zero-order chi connectivity index (χ0) is 21.9. The summed E-state index contributed by atoms with van der Waals surface area (Å²) in [5, 5.41) is 19.8. The molecule has 3 atom stereocenters. The first-order valence-electron chi connectivity index (χ1n) is 11.8. The molecule has 1 aliphatic carbocycles. The van der Waals surface area contributed by atoms with E-state index in [1.807, 2.05) is 12.3 Å². The van der Waals surface area contributed by atoms with Gasteiger partial charge in [-0.05, 0) is 55.0 Å². The second-order valence-corrected chi connectivity index (χ2v) is 9.35. The molecule has 5 rings (SSSR count). The summed E-state index contributed by atoms with van der Waals surface area (Å²) >= 11 is 0. The number of hydrogen-bond donors (Lipinski definition) is 1. The van der Waals surface area contributed by atoms with E-state index in [9.17, 15) is 9.50 Å². The lowest BCUT2D eigenvalue weighted by Crippen LogP contribution is -2.47. The molecule has 1 saturated heterocycles. The summed E-state index contributed by atoms with van der Waals surface area (Å²) in [6, 6.07) is 16.9. The lowest BCUT2D eigenvalue weighted by Gasteiger charge is -2.44. The lowest BCUT2D eigenvalue weighted by atomic mass is 9.85. The normalized spacial score (nSPS) is 25.1. The van der Waals surface area contributed by atoms with Gasteiger partial charge in [0.05, 0.1) is 18.3 Å². The van der Waals surface area contributed by atoms with Crippen molar-refractivity contribution in [2.45, 2.75) is 56.7 Å². The van der Waals surface area contributed by atoms with Crippen LogP contribution in [0.4, 0.5) is 4.39 Å². The average Bonchev–Trinajstić information content (AvgIpc) is 3.32. The van der Waals surface area contributed by atoms with Crippen LogP contribution < -0.4 is 0 Å². The number of piperidine rings is 1.